The first-order valence-corrected chi connectivity index (χ1v) is 11.6. The van der Waals surface area contributed by atoms with E-state index in [0.717, 1.165) is 48.1 Å². The van der Waals surface area contributed by atoms with Crippen LogP contribution in [0, 0.1) is 0 Å². The summed E-state index contributed by atoms with van der Waals surface area (Å²) in [5.41, 5.74) is 5.03. The molecule has 1 aliphatic rings. The zero-order valence-electron chi connectivity index (χ0n) is 19.6. The Morgan fingerprint density at radius 2 is 1.66 bits per heavy atom. The lowest BCUT2D eigenvalue weighted by atomic mass is 9.87. The Hall–Kier alpha value is -3.08. The number of hydrogen-bond acceptors (Lipinski definition) is 2. The van der Waals surface area contributed by atoms with Crippen LogP contribution in [0.5, 0.6) is 0 Å². The van der Waals surface area contributed by atoms with Crippen molar-refractivity contribution >= 4 is 28.4 Å². The van der Waals surface area contributed by atoms with Crippen LogP contribution in [0.1, 0.15) is 68.6 Å². The van der Waals surface area contributed by atoms with Gasteiger partial charge in [-0.25, -0.2) is 0 Å². The summed E-state index contributed by atoms with van der Waals surface area (Å²) >= 11 is 0. The standard InChI is InChI=1S/C27H33N3O2/c1-5-25(31)28-22-12-13-23-20(16-22)17-24(26(32)29-14-6-7-15-29)30(23)18-19-8-10-21(11-9-19)27(2,3)4/h8-13,16-17H,5-7,14-15,18H2,1-4H3,(H,28,31). The first kappa shape index (κ1) is 22.1. The van der Waals surface area contributed by atoms with Crippen molar-refractivity contribution in [3.63, 3.8) is 0 Å². The van der Waals surface area contributed by atoms with Gasteiger partial charge in [-0.3, -0.25) is 9.59 Å². The molecule has 4 rings (SSSR count). The predicted molar refractivity (Wildman–Crippen MR) is 130 cm³/mol. The zero-order valence-corrected chi connectivity index (χ0v) is 19.6. The van der Waals surface area contributed by atoms with Crippen LogP contribution in [-0.4, -0.2) is 34.4 Å². The van der Waals surface area contributed by atoms with Gasteiger partial charge in [0.2, 0.25) is 5.91 Å². The van der Waals surface area contributed by atoms with Crippen LogP contribution in [0.25, 0.3) is 10.9 Å². The molecule has 1 fully saturated rings. The Morgan fingerprint density at radius 1 is 0.969 bits per heavy atom. The van der Waals surface area contributed by atoms with Gasteiger partial charge in [-0.15, -0.1) is 0 Å². The second kappa shape index (κ2) is 8.81. The Labute approximate surface area is 190 Å². The minimum absolute atomic E-state index is 0.0175. The van der Waals surface area contributed by atoms with Crippen molar-refractivity contribution in [1.29, 1.82) is 0 Å². The fourth-order valence-corrected chi connectivity index (χ4v) is 4.32. The van der Waals surface area contributed by atoms with E-state index in [1.165, 1.54) is 5.56 Å². The van der Waals surface area contributed by atoms with Crippen molar-refractivity contribution in [3.05, 3.63) is 65.4 Å². The van der Waals surface area contributed by atoms with E-state index in [1.807, 2.05) is 36.1 Å². The molecule has 0 spiro atoms. The molecule has 0 atom stereocenters. The van der Waals surface area contributed by atoms with Crippen LogP contribution in [0.15, 0.2) is 48.5 Å². The third kappa shape index (κ3) is 4.57. The molecule has 1 aromatic heterocycles. The van der Waals surface area contributed by atoms with Gasteiger partial charge in [0, 0.05) is 42.6 Å². The number of anilines is 1. The number of carbonyl (C=O) groups excluding carboxylic acids is 2. The van der Waals surface area contributed by atoms with Crippen LogP contribution in [0.4, 0.5) is 5.69 Å². The number of aromatic nitrogens is 1. The smallest absolute Gasteiger partial charge is 0.270 e. The van der Waals surface area contributed by atoms with E-state index < -0.39 is 0 Å². The number of nitrogens with zero attached hydrogens (tertiary/aromatic N) is 2. The molecule has 2 aromatic carbocycles. The van der Waals surface area contributed by atoms with E-state index in [-0.39, 0.29) is 17.2 Å². The van der Waals surface area contributed by atoms with Crippen molar-refractivity contribution in [1.82, 2.24) is 9.47 Å². The predicted octanol–water partition coefficient (Wildman–Crippen LogP) is 5.57. The van der Waals surface area contributed by atoms with Crippen molar-refractivity contribution in [3.8, 4) is 0 Å². The maximum atomic E-state index is 13.4. The van der Waals surface area contributed by atoms with Crippen LogP contribution < -0.4 is 5.32 Å². The van der Waals surface area contributed by atoms with E-state index in [9.17, 15) is 9.59 Å². The molecule has 0 saturated carbocycles. The van der Waals surface area contributed by atoms with Gasteiger partial charge in [0.05, 0.1) is 0 Å². The molecule has 5 heteroatoms. The highest BCUT2D eigenvalue weighted by Gasteiger charge is 2.24. The molecule has 2 amide bonds. The fourth-order valence-electron chi connectivity index (χ4n) is 4.32. The van der Waals surface area contributed by atoms with E-state index in [4.69, 9.17) is 0 Å². The van der Waals surface area contributed by atoms with Crippen molar-refractivity contribution in [2.75, 3.05) is 18.4 Å². The van der Waals surface area contributed by atoms with Gasteiger partial charge in [-0.05, 0) is 53.6 Å². The van der Waals surface area contributed by atoms with Crippen molar-refractivity contribution < 1.29 is 9.59 Å². The summed E-state index contributed by atoms with van der Waals surface area (Å²) in [7, 11) is 0. The van der Waals surface area contributed by atoms with Crippen LogP contribution >= 0.6 is 0 Å². The van der Waals surface area contributed by atoms with E-state index >= 15 is 0 Å². The highest BCUT2D eigenvalue weighted by atomic mass is 16.2. The highest BCUT2D eigenvalue weighted by Crippen LogP contribution is 2.28. The average Bonchev–Trinajstić information content (AvgIpc) is 3.41. The maximum absolute atomic E-state index is 13.4. The number of likely N-dealkylation sites (tertiary alicyclic amines) is 1. The first-order valence-electron chi connectivity index (χ1n) is 11.6. The molecule has 0 radical (unpaired) electrons. The summed E-state index contributed by atoms with van der Waals surface area (Å²) in [5.74, 6) is 0.0697. The van der Waals surface area contributed by atoms with Gasteiger partial charge in [-0.2, -0.15) is 0 Å². The minimum atomic E-state index is -0.0175. The average molecular weight is 432 g/mol. The minimum Gasteiger partial charge on any atom is -0.337 e. The Balaban J connectivity index is 1.73. The molecule has 168 valence electrons. The van der Waals surface area contributed by atoms with Gasteiger partial charge in [-0.1, -0.05) is 52.0 Å². The van der Waals surface area contributed by atoms with Gasteiger partial charge >= 0.3 is 0 Å². The van der Waals surface area contributed by atoms with Crippen molar-refractivity contribution in [2.24, 2.45) is 0 Å². The van der Waals surface area contributed by atoms with Crippen molar-refractivity contribution in [2.45, 2.75) is 58.9 Å². The molecular weight excluding hydrogens is 398 g/mol. The number of benzene rings is 2. The molecule has 32 heavy (non-hydrogen) atoms. The summed E-state index contributed by atoms with van der Waals surface area (Å²) in [6, 6.07) is 16.5. The van der Waals surface area contributed by atoms with Gasteiger partial charge in [0.25, 0.3) is 5.91 Å². The molecule has 0 unspecified atom stereocenters. The Bertz CT molecular complexity index is 1130. The molecule has 5 nitrogen and oxygen atoms in total. The summed E-state index contributed by atoms with van der Waals surface area (Å²) in [6.45, 7) is 10.7. The first-order chi connectivity index (χ1) is 15.3. The van der Waals surface area contributed by atoms with Gasteiger partial charge in [0.15, 0.2) is 0 Å². The lowest BCUT2D eigenvalue weighted by molar-refractivity contribution is -0.115. The van der Waals surface area contributed by atoms with Gasteiger partial charge in [0.1, 0.15) is 5.69 Å². The quantitative estimate of drug-likeness (QED) is 0.574. The number of nitrogens with one attached hydrogen (secondary N) is 1. The third-order valence-corrected chi connectivity index (χ3v) is 6.28. The maximum Gasteiger partial charge on any atom is 0.270 e. The van der Waals surface area contributed by atoms with E-state index in [2.05, 4.69) is 54.9 Å². The Kier molecular flexibility index (Phi) is 6.09. The fraction of sp³-hybridized carbons (Fsp3) is 0.407. The second-order valence-corrected chi connectivity index (χ2v) is 9.74. The molecule has 1 aliphatic heterocycles. The largest absolute Gasteiger partial charge is 0.337 e. The molecule has 3 aromatic rings. The lowest BCUT2D eigenvalue weighted by Crippen LogP contribution is -2.29. The molecule has 1 N–H and O–H groups in total. The summed E-state index contributed by atoms with van der Waals surface area (Å²) < 4.78 is 2.12. The highest BCUT2D eigenvalue weighted by molar-refractivity contribution is 6.00. The second-order valence-electron chi connectivity index (χ2n) is 9.74. The number of fused-ring (bicyclic) bond motifs is 1. The number of hydrogen-bond donors (Lipinski definition) is 1. The van der Waals surface area contributed by atoms with Crippen LogP contribution in [-0.2, 0) is 16.8 Å². The monoisotopic (exact) mass is 431 g/mol. The number of carbonyl (C=O) groups is 2. The topological polar surface area (TPSA) is 54.3 Å². The molecule has 0 bridgehead atoms. The van der Waals surface area contributed by atoms with Crippen LogP contribution in [0.3, 0.4) is 0 Å². The molecule has 2 heterocycles. The van der Waals surface area contributed by atoms with Gasteiger partial charge < -0.3 is 14.8 Å². The SMILES string of the molecule is CCC(=O)Nc1ccc2c(c1)cc(C(=O)N1CCCC1)n2Cc1ccc(C(C)(C)C)cc1. The van der Waals surface area contributed by atoms with E-state index in [0.29, 0.717) is 18.7 Å². The third-order valence-electron chi connectivity index (χ3n) is 6.28. The molecule has 1 saturated heterocycles. The number of amides is 2. The normalized spacial score (nSPS) is 14.2. The zero-order chi connectivity index (χ0) is 22.9. The molecular formula is C27H33N3O2. The number of rotatable bonds is 5. The lowest BCUT2D eigenvalue weighted by Gasteiger charge is -2.20. The van der Waals surface area contributed by atoms with Crippen LogP contribution in [0.2, 0.25) is 0 Å². The molecule has 0 aliphatic carbocycles. The summed E-state index contributed by atoms with van der Waals surface area (Å²) in [4.78, 5) is 27.1. The summed E-state index contributed by atoms with van der Waals surface area (Å²) in [6.07, 6.45) is 2.56. The van der Waals surface area contributed by atoms with E-state index in [1.54, 1.807) is 0 Å². The summed E-state index contributed by atoms with van der Waals surface area (Å²) in [5, 5.41) is 3.89. The Morgan fingerprint density at radius 3 is 2.28 bits per heavy atom.